The highest BCUT2D eigenvalue weighted by molar-refractivity contribution is 4.72. The van der Waals surface area contributed by atoms with Crippen LogP contribution in [0.3, 0.4) is 0 Å². The Kier molecular flexibility index (Phi) is 11.7. The molecule has 1 radical (unpaired) electrons. The monoisotopic (exact) mass is 259 g/mol. The van der Waals surface area contributed by atoms with Crippen LogP contribution in [0, 0.1) is 6.92 Å². The van der Waals surface area contributed by atoms with Crippen molar-refractivity contribution in [1.82, 2.24) is 31.9 Å². The zero-order chi connectivity index (χ0) is 13.8. The van der Waals surface area contributed by atoms with Gasteiger partial charge in [0, 0.05) is 13.1 Å². The second-order valence-electron chi connectivity index (χ2n) is 4.27. The number of rotatable bonds is 12. The molecule has 0 fully saturated rings. The Balaban J connectivity index is 3.97. The van der Waals surface area contributed by atoms with Crippen LogP contribution in [0.4, 0.5) is 0 Å². The van der Waals surface area contributed by atoms with E-state index in [9.17, 15) is 0 Å². The maximum Gasteiger partial charge on any atom is 0.0696 e. The van der Waals surface area contributed by atoms with Gasteiger partial charge >= 0.3 is 0 Å². The Hall–Kier alpha value is -0.240. The van der Waals surface area contributed by atoms with Gasteiger partial charge in [-0.3, -0.25) is 10.6 Å². The van der Waals surface area contributed by atoms with E-state index in [1.54, 1.807) is 0 Å². The van der Waals surface area contributed by atoms with Crippen LogP contribution in [-0.2, 0) is 0 Å². The molecule has 109 valence electrons. The molecule has 0 aromatic carbocycles. The average molecular weight is 259 g/mol. The van der Waals surface area contributed by atoms with Crippen molar-refractivity contribution in [2.24, 2.45) is 0 Å². The van der Waals surface area contributed by atoms with E-state index in [0.717, 1.165) is 25.9 Å². The number of likely N-dealkylation sites (N-methyl/N-ethyl adjacent to an activating group) is 4. The molecule has 18 heavy (non-hydrogen) atoms. The first-order chi connectivity index (χ1) is 8.71. The average Bonchev–Trinajstić information content (AvgIpc) is 2.40. The molecule has 0 saturated heterocycles. The minimum absolute atomic E-state index is 0.281. The Morgan fingerprint density at radius 3 is 1.39 bits per heavy atom. The third-order valence-electron chi connectivity index (χ3n) is 3.02. The number of hydrogen-bond acceptors (Lipinski definition) is 6. The first-order valence-corrected chi connectivity index (χ1v) is 6.66. The van der Waals surface area contributed by atoms with Crippen molar-refractivity contribution in [3.8, 4) is 0 Å². The molecule has 0 saturated carbocycles. The molecule has 0 heterocycles. The third-order valence-corrected chi connectivity index (χ3v) is 3.02. The SMILES string of the molecule is [CH2]CCC(NCC(NC)NC)NCC(NC)NC. The van der Waals surface area contributed by atoms with Gasteiger partial charge in [-0.25, -0.2) is 0 Å². The maximum absolute atomic E-state index is 3.92. The number of nitrogens with one attached hydrogen (secondary N) is 6. The van der Waals surface area contributed by atoms with Gasteiger partial charge in [0.15, 0.2) is 0 Å². The van der Waals surface area contributed by atoms with Gasteiger partial charge in [-0.1, -0.05) is 13.3 Å². The zero-order valence-corrected chi connectivity index (χ0v) is 12.3. The van der Waals surface area contributed by atoms with Crippen LogP contribution in [0.1, 0.15) is 12.8 Å². The lowest BCUT2D eigenvalue weighted by atomic mass is 10.2. The Morgan fingerprint density at radius 2 is 1.11 bits per heavy atom. The topological polar surface area (TPSA) is 72.2 Å². The van der Waals surface area contributed by atoms with Gasteiger partial charge in [-0.15, -0.1) is 0 Å². The minimum atomic E-state index is 0.281. The summed E-state index contributed by atoms with van der Waals surface area (Å²) in [7, 11) is 7.80. The third kappa shape index (κ3) is 7.97. The van der Waals surface area contributed by atoms with Crippen LogP contribution in [-0.4, -0.2) is 59.8 Å². The molecule has 0 amide bonds. The molecule has 0 aromatic rings. The van der Waals surface area contributed by atoms with E-state index in [-0.39, 0.29) is 18.5 Å². The summed E-state index contributed by atoms with van der Waals surface area (Å²) in [4.78, 5) is 0. The van der Waals surface area contributed by atoms with Crippen molar-refractivity contribution >= 4 is 0 Å². The lowest BCUT2D eigenvalue weighted by molar-refractivity contribution is 0.337. The molecule has 0 aliphatic rings. The van der Waals surface area contributed by atoms with Gasteiger partial charge in [0.1, 0.15) is 0 Å². The molecule has 0 unspecified atom stereocenters. The summed E-state index contributed by atoms with van der Waals surface area (Å²) < 4.78 is 0. The van der Waals surface area contributed by atoms with Gasteiger partial charge in [0.05, 0.1) is 18.5 Å². The summed E-state index contributed by atoms with van der Waals surface area (Å²) in [5, 5.41) is 19.8. The van der Waals surface area contributed by atoms with Crippen molar-refractivity contribution in [3.63, 3.8) is 0 Å². The highest BCUT2D eigenvalue weighted by atomic mass is 15.2. The second-order valence-corrected chi connectivity index (χ2v) is 4.27. The van der Waals surface area contributed by atoms with Gasteiger partial charge in [-0.2, -0.15) is 0 Å². The predicted molar refractivity (Wildman–Crippen MR) is 78.2 cm³/mol. The molecule has 0 spiro atoms. The quantitative estimate of drug-likeness (QED) is 0.243. The molecule has 0 aromatic heterocycles. The smallest absolute Gasteiger partial charge is 0.0696 e. The van der Waals surface area contributed by atoms with E-state index in [0.29, 0.717) is 0 Å². The van der Waals surface area contributed by atoms with E-state index in [1.165, 1.54) is 0 Å². The van der Waals surface area contributed by atoms with Crippen LogP contribution in [0.2, 0.25) is 0 Å². The Labute approximate surface area is 112 Å². The van der Waals surface area contributed by atoms with Crippen molar-refractivity contribution in [1.29, 1.82) is 0 Å². The van der Waals surface area contributed by atoms with Gasteiger partial charge in [-0.05, 0) is 34.6 Å². The Bertz CT molecular complexity index is 154. The Morgan fingerprint density at radius 1 is 0.722 bits per heavy atom. The van der Waals surface area contributed by atoms with Crippen LogP contribution in [0.15, 0.2) is 0 Å². The lowest BCUT2D eigenvalue weighted by Gasteiger charge is -2.25. The molecule has 0 rings (SSSR count). The van der Waals surface area contributed by atoms with E-state index >= 15 is 0 Å². The van der Waals surface area contributed by atoms with Crippen LogP contribution in [0.25, 0.3) is 0 Å². The summed E-state index contributed by atoms with van der Waals surface area (Å²) in [6.07, 6.45) is 2.78. The fourth-order valence-electron chi connectivity index (χ4n) is 1.70. The highest BCUT2D eigenvalue weighted by Crippen LogP contribution is 1.93. The molecular weight excluding hydrogens is 228 g/mol. The van der Waals surface area contributed by atoms with E-state index < -0.39 is 0 Å². The lowest BCUT2D eigenvalue weighted by Crippen LogP contribution is -2.55. The summed E-state index contributed by atoms with van der Waals surface area (Å²) in [6, 6.07) is 0. The fraction of sp³-hybridized carbons (Fsp3) is 0.917. The fourth-order valence-corrected chi connectivity index (χ4v) is 1.70. The molecular formula is C12H31N6. The summed E-state index contributed by atoms with van der Waals surface area (Å²) in [6.45, 7) is 5.66. The summed E-state index contributed by atoms with van der Waals surface area (Å²) in [5.74, 6) is 0. The molecule has 6 nitrogen and oxygen atoms in total. The van der Waals surface area contributed by atoms with Gasteiger partial charge < -0.3 is 21.3 Å². The van der Waals surface area contributed by atoms with Crippen LogP contribution >= 0.6 is 0 Å². The van der Waals surface area contributed by atoms with Crippen LogP contribution < -0.4 is 31.9 Å². The first-order valence-electron chi connectivity index (χ1n) is 6.66. The predicted octanol–water partition coefficient (Wildman–Crippen LogP) is -1.36. The highest BCUT2D eigenvalue weighted by Gasteiger charge is 2.11. The van der Waals surface area contributed by atoms with E-state index in [1.807, 2.05) is 28.2 Å². The molecule has 0 bridgehead atoms. The maximum atomic E-state index is 3.92. The largest absolute Gasteiger partial charge is 0.304 e. The number of hydrogen-bond donors (Lipinski definition) is 6. The van der Waals surface area contributed by atoms with Crippen molar-refractivity contribution in [2.75, 3.05) is 41.3 Å². The zero-order valence-electron chi connectivity index (χ0n) is 12.3. The first kappa shape index (κ1) is 17.8. The van der Waals surface area contributed by atoms with Gasteiger partial charge in [0.2, 0.25) is 0 Å². The van der Waals surface area contributed by atoms with E-state index in [2.05, 4.69) is 38.8 Å². The van der Waals surface area contributed by atoms with Crippen LogP contribution in [0.5, 0.6) is 0 Å². The normalized spacial score (nSPS) is 12.0. The van der Waals surface area contributed by atoms with Gasteiger partial charge in [0.25, 0.3) is 0 Å². The summed E-state index contributed by atoms with van der Waals surface area (Å²) >= 11 is 0. The molecule has 6 N–H and O–H groups in total. The molecule has 0 aliphatic carbocycles. The second kappa shape index (κ2) is 11.8. The van der Waals surface area contributed by atoms with Crippen molar-refractivity contribution in [2.45, 2.75) is 31.3 Å². The van der Waals surface area contributed by atoms with Crippen molar-refractivity contribution < 1.29 is 0 Å². The summed E-state index contributed by atoms with van der Waals surface area (Å²) in [5.41, 5.74) is 0. The minimum Gasteiger partial charge on any atom is -0.304 e. The van der Waals surface area contributed by atoms with Crippen molar-refractivity contribution in [3.05, 3.63) is 6.92 Å². The van der Waals surface area contributed by atoms with E-state index in [4.69, 9.17) is 0 Å². The standard InChI is InChI=1S/C12H31N6/c1-6-7-10(17-8-11(13-2)14-3)18-9-12(15-4)16-5/h10-18H,1,6-9H2,2-5H3. The molecule has 0 aliphatic heterocycles. The molecule has 0 atom stereocenters. The molecule has 6 heteroatoms.